The lowest BCUT2D eigenvalue weighted by Gasteiger charge is -2.29. The molecule has 1 aliphatic rings. The van der Waals surface area contributed by atoms with Crippen LogP contribution in [0.2, 0.25) is 5.02 Å². The van der Waals surface area contributed by atoms with Gasteiger partial charge in [-0.25, -0.2) is 0 Å². The van der Waals surface area contributed by atoms with Crippen LogP contribution in [0.25, 0.3) is 0 Å². The van der Waals surface area contributed by atoms with Crippen LogP contribution in [0.5, 0.6) is 5.75 Å². The van der Waals surface area contributed by atoms with E-state index >= 15 is 0 Å². The Balaban J connectivity index is 1.99. The number of nitrogens with one attached hydrogen (secondary N) is 1. The van der Waals surface area contributed by atoms with E-state index in [1.807, 2.05) is 6.92 Å². The van der Waals surface area contributed by atoms with Crippen LogP contribution in [-0.2, 0) is 4.79 Å². The van der Waals surface area contributed by atoms with Gasteiger partial charge < -0.3 is 15.2 Å². The van der Waals surface area contributed by atoms with E-state index in [1.54, 1.807) is 25.1 Å². The summed E-state index contributed by atoms with van der Waals surface area (Å²) >= 11 is 5.90. The molecule has 116 valence electrons. The lowest BCUT2D eigenvalue weighted by atomic mass is 9.98. The van der Waals surface area contributed by atoms with Gasteiger partial charge in [0, 0.05) is 5.02 Å². The second-order valence-corrected chi connectivity index (χ2v) is 6.24. The number of carbonyl (C=O) groups is 1. The number of aliphatic hydroxyl groups is 1. The zero-order valence-corrected chi connectivity index (χ0v) is 13.2. The highest BCUT2D eigenvalue weighted by Gasteiger charge is 2.36. The Labute approximate surface area is 130 Å². The summed E-state index contributed by atoms with van der Waals surface area (Å²) < 4.78 is 5.71. The summed E-state index contributed by atoms with van der Waals surface area (Å²) in [5, 5.41) is 13.1. The van der Waals surface area contributed by atoms with E-state index in [-0.39, 0.29) is 12.5 Å². The summed E-state index contributed by atoms with van der Waals surface area (Å²) in [6.07, 6.45) is 3.09. The van der Waals surface area contributed by atoms with E-state index in [1.165, 1.54) is 0 Å². The molecule has 2 N–H and O–H groups in total. The largest absolute Gasteiger partial charge is 0.481 e. The molecule has 1 fully saturated rings. The van der Waals surface area contributed by atoms with Crippen LogP contribution >= 0.6 is 11.6 Å². The molecule has 1 aromatic carbocycles. The molecule has 1 amide bonds. The molecule has 4 nitrogen and oxygen atoms in total. The number of halogens is 1. The molecule has 1 aromatic rings. The van der Waals surface area contributed by atoms with Gasteiger partial charge in [-0.05, 0) is 50.5 Å². The van der Waals surface area contributed by atoms with Gasteiger partial charge in [0.1, 0.15) is 5.75 Å². The van der Waals surface area contributed by atoms with Gasteiger partial charge in [-0.1, -0.05) is 24.4 Å². The fourth-order valence-corrected chi connectivity index (χ4v) is 2.95. The van der Waals surface area contributed by atoms with Gasteiger partial charge in [-0.2, -0.15) is 0 Å². The van der Waals surface area contributed by atoms with Crippen LogP contribution in [0.15, 0.2) is 18.2 Å². The Kier molecular flexibility index (Phi) is 5.12. The smallest absolute Gasteiger partial charge is 0.261 e. The molecule has 5 heteroatoms. The monoisotopic (exact) mass is 311 g/mol. The molecular formula is C16H22ClNO3. The molecule has 1 atom stereocenters. The van der Waals surface area contributed by atoms with Crippen LogP contribution < -0.4 is 10.1 Å². The standard InChI is InChI=1S/C16H22ClNO3/c1-11-9-13(17)5-6-14(11)21-12(2)15(20)18-16(10-19)7-3-4-8-16/h5-6,9,12,19H,3-4,7-8,10H2,1-2H3,(H,18,20). The Bertz CT molecular complexity index is 512. The van der Waals surface area contributed by atoms with Crippen LogP contribution in [0, 0.1) is 6.92 Å². The Morgan fingerprint density at radius 1 is 1.48 bits per heavy atom. The fourth-order valence-electron chi connectivity index (χ4n) is 2.73. The maximum Gasteiger partial charge on any atom is 0.261 e. The first-order chi connectivity index (χ1) is 9.96. The van der Waals surface area contributed by atoms with E-state index in [2.05, 4.69) is 5.32 Å². The zero-order valence-electron chi connectivity index (χ0n) is 12.5. The van der Waals surface area contributed by atoms with Crippen molar-refractivity contribution in [2.75, 3.05) is 6.61 Å². The molecule has 0 spiro atoms. The zero-order chi connectivity index (χ0) is 15.5. The molecule has 0 bridgehead atoms. The highest BCUT2D eigenvalue weighted by molar-refractivity contribution is 6.30. The molecule has 1 aliphatic carbocycles. The molecule has 2 rings (SSSR count). The van der Waals surface area contributed by atoms with E-state index in [0.717, 1.165) is 31.2 Å². The normalized spacial score (nSPS) is 18.3. The second kappa shape index (κ2) is 6.67. The van der Waals surface area contributed by atoms with Crippen molar-refractivity contribution >= 4 is 17.5 Å². The van der Waals surface area contributed by atoms with Crippen molar-refractivity contribution in [1.29, 1.82) is 0 Å². The van der Waals surface area contributed by atoms with Gasteiger partial charge in [0.25, 0.3) is 5.91 Å². The average molecular weight is 312 g/mol. The predicted molar refractivity (Wildman–Crippen MR) is 82.7 cm³/mol. The Morgan fingerprint density at radius 2 is 2.14 bits per heavy atom. The number of amides is 1. The third kappa shape index (κ3) is 3.89. The number of hydrogen-bond acceptors (Lipinski definition) is 3. The first kappa shape index (κ1) is 16.1. The van der Waals surface area contributed by atoms with Gasteiger partial charge >= 0.3 is 0 Å². The number of aliphatic hydroxyl groups excluding tert-OH is 1. The number of aryl methyl sites for hydroxylation is 1. The maximum absolute atomic E-state index is 12.3. The highest BCUT2D eigenvalue weighted by atomic mass is 35.5. The number of hydrogen-bond donors (Lipinski definition) is 2. The summed E-state index contributed by atoms with van der Waals surface area (Å²) in [5.41, 5.74) is 0.420. The minimum Gasteiger partial charge on any atom is -0.481 e. The van der Waals surface area contributed by atoms with E-state index < -0.39 is 11.6 Å². The minimum atomic E-state index is -0.617. The van der Waals surface area contributed by atoms with Gasteiger partial charge in [-0.15, -0.1) is 0 Å². The molecule has 0 radical (unpaired) electrons. The first-order valence-corrected chi connectivity index (χ1v) is 7.69. The summed E-state index contributed by atoms with van der Waals surface area (Å²) in [6.45, 7) is 3.58. The summed E-state index contributed by atoms with van der Waals surface area (Å²) in [6, 6.07) is 5.30. The number of carbonyl (C=O) groups excluding carboxylic acids is 1. The van der Waals surface area contributed by atoms with Crippen molar-refractivity contribution < 1.29 is 14.6 Å². The molecule has 0 heterocycles. The number of benzene rings is 1. The average Bonchev–Trinajstić information content (AvgIpc) is 2.91. The van der Waals surface area contributed by atoms with Gasteiger partial charge in [0.05, 0.1) is 12.1 Å². The second-order valence-electron chi connectivity index (χ2n) is 5.80. The molecule has 1 unspecified atom stereocenters. The van der Waals surface area contributed by atoms with Gasteiger partial charge in [-0.3, -0.25) is 4.79 Å². The lowest BCUT2D eigenvalue weighted by Crippen LogP contribution is -2.53. The molecular weight excluding hydrogens is 290 g/mol. The third-order valence-corrected chi connectivity index (χ3v) is 4.30. The van der Waals surface area contributed by atoms with Crippen molar-refractivity contribution in [3.05, 3.63) is 28.8 Å². The van der Waals surface area contributed by atoms with Crippen LogP contribution in [0.3, 0.4) is 0 Å². The predicted octanol–water partition coefficient (Wildman–Crippen LogP) is 2.84. The number of ether oxygens (including phenoxy) is 1. The van der Waals surface area contributed by atoms with E-state index in [9.17, 15) is 9.90 Å². The van der Waals surface area contributed by atoms with Crippen LogP contribution in [0.1, 0.15) is 38.2 Å². The summed E-state index contributed by atoms with van der Waals surface area (Å²) in [4.78, 5) is 12.3. The lowest BCUT2D eigenvalue weighted by molar-refractivity contribution is -0.129. The molecule has 21 heavy (non-hydrogen) atoms. The van der Waals surface area contributed by atoms with Crippen molar-refractivity contribution in [3.63, 3.8) is 0 Å². The van der Waals surface area contributed by atoms with Crippen molar-refractivity contribution in [2.24, 2.45) is 0 Å². The Hall–Kier alpha value is -1.26. The summed E-state index contributed by atoms with van der Waals surface area (Å²) in [7, 11) is 0. The number of rotatable bonds is 5. The SMILES string of the molecule is Cc1cc(Cl)ccc1OC(C)C(=O)NC1(CO)CCCC1. The fraction of sp³-hybridized carbons (Fsp3) is 0.562. The van der Waals surface area contributed by atoms with Gasteiger partial charge in [0.15, 0.2) is 6.10 Å². The maximum atomic E-state index is 12.3. The van der Waals surface area contributed by atoms with Crippen molar-refractivity contribution in [2.45, 2.75) is 51.2 Å². The first-order valence-electron chi connectivity index (χ1n) is 7.31. The van der Waals surface area contributed by atoms with Gasteiger partial charge in [0.2, 0.25) is 0 Å². The van der Waals surface area contributed by atoms with E-state index in [4.69, 9.17) is 16.3 Å². The molecule has 1 saturated carbocycles. The van der Waals surface area contributed by atoms with Crippen molar-refractivity contribution in [3.8, 4) is 5.75 Å². The van der Waals surface area contributed by atoms with Crippen LogP contribution in [0.4, 0.5) is 0 Å². The van der Waals surface area contributed by atoms with Crippen molar-refractivity contribution in [1.82, 2.24) is 5.32 Å². The highest BCUT2D eigenvalue weighted by Crippen LogP contribution is 2.29. The summed E-state index contributed by atoms with van der Waals surface area (Å²) in [5.74, 6) is 0.451. The van der Waals surface area contributed by atoms with Crippen LogP contribution in [-0.4, -0.2) is 29.3 Å². The molecule has 0 aromatic heterocycles. The Morgan fingerprint density at radius 3 is 2.71 bits per heavy atom. The third-order valence-electron chi connectivity index (χ3n) is 4.06. The minimum absolute atomic E-state index is 0.0224. The quantitative estimate of drug-likeness (QED) is 0.879. The topological polar surface area (TPSA) is 58.6 Å². The van der Waals surface area contributed by atoms with E-state index in [0.29, 0.717) is 10.8 Å². The molecule has 0 saturated heterocycles. The molecule has 0 aliphatic heterocycles.